The first-order valence-corrected chi connectivity index (χ1v) is 15.9. The molecule has 0 bridgehead atoms. The Morgan fingerprint density at radius 3 is 2.37 bits per heavy atom. The highest BCUT2D eigenvalue weighted by atomic mass is 19.1. The van der Waals surface area contributed by atoms with Gasteiger partial charge in [-0.3, -0.25) is 24.1 Å². The number of hydrogen-bond acceptors (Lipinski definition) is 6. The fourth-order valence-electron chi connectivity index (χ4n) is 6.32. The van der Waals surface area contributed by atoms with E-state index in [0.29, 0.717) is 10.9 Å². The lowest BCUT2D eigenvalue weighted by Crippen LogP contribution is -2.61. The Bertz CT molecular complexity index is 1480. The summed E-state index contributed by atoms with van der Waals surface area (Å²) < 4.78 is 20.7. The van der Waals surface area contributed by atoms with E-state index in [1.54, 1.807) is 37.5 Å². The summed E-state index contributed by atoms with van der Waals surface area (Å²) in [5.74, 6) is -2.80. The van der Waals surface area contributed by atoms with Crippen LogP contribution >= 0.6 is 0 Å². The Labute approximate surface area is 268 Å². The molecule has 4 rings (SSSR count). The van der Waals surface area contributed by atoms with Crippen molar-refractivity contribution in [2.45, 2.75) is 97.0 Å². The number of amides is 4. The largest absolute Gasteiger partial charge is 0.480 e. The Hall–Kier alpha value is -4.16. The van der Waals surface area contributed by atoms with Crippen molar-refractivity contribution in [2.75, 3.05) is 26.7 Å². The number of halogens is 1. The first kappa shape index (κ1) is 34.7. The van der Waals surface area contributed by atoms with Crippen molar-refractivity contribution in [3.63, 3.8) is 0 Å². The van der Waals surface area contributed by atoms with Gasteiger partial charge in [0.05, 0.1) is 0 Å². The van der Waals surface area contributed by atoms with Gasteiger partial charge in [-0.25, -0.2) is 9.18 Å². The van der Waals surface area contributed by atoms with E-state index in [4.69, 9.17) is 4.74 Å². The van der Waals surface area contributed by atoms with Crippen molar-refractivity contribution in [1.29, 1.82) is 0 Å². The topological polar surface area (TPSA) is 141 Å². The molecule has 2 N–H and O–H groups in total. The van der Waals surface area contributed by atoms with Crippen LogP contribution in [0.15, 0.2) is 24.3 Å². The van der Waals surface area contributed by atoms with Crippen LogP contribution in [0.4, 0.5) is 9.18 Å². The number of carboxylic acids is 1. The van der Waals surface area contributed by atoms with Gasteiger partial charge >= 0.3 is 12.1 Å². The zero-order chi connectivity index (χ0) is 33.9. The van der Waals surface area contributed by atoms with Crippen molar-refractivity contribution < 1.29 is 38.2 Å². The summed E-state index contributed by atoms with van der Waals surface area (Å²) in [4.78, 5) is 69.9. The fraction of sp³-hybridized carbons (Fsp3) is 0.606. The summed E-state index contributed by atoms with van der Waals surface area (Å²) in [5.41, 5.74) is -0.163. The molecule has 1 aliphatic carbocycles. The van der Waals surface area contributed by atoms with Gasteiger partial charge in [0.25, 0.3) is 5.91 Å². The molecule has 2 aliphatic rings. The summed E-state index contributed by atoms with van der Waals surface area (Å²) in [6.07, 6.45) is 3.89. The minimum absolute atomic E-state index is 0.0636. The minimum atomic E-state index is -1.14. The van der Waals surface area contributed by atoms with Gasteiger partial charge in [0, 0.05) is 43.6 Å². The molecule has 0 spiro atoms. The summed E-state index contributed by atoms with van der Waals surface area (Å²) in [6.45, 7) is 8.79. The molecule has 1 aromatic carbocycles. The molecule has 1 aliphatic heterocycles. The quantitative estimate of drug-likeness (QED) is 0.445. The van der Waals surface area contributed by atoms with Crippen LogP contribution in [0.5, 0.6) is 0 Å². The van der Waals surface area contributed by atoms with Gasteiger partial charge in [0.1, 0.15) is 35.7 Å². The maximum atomic E-state index is 14.1. The number of fused-ring (bicyclic) bond motifs is 1. The predicted octanol–water partition coefficient (Wildman–Crippen LogP) is 3.86. The Morgan fingerprint density at radius 2 is 1.76 bits per heavy atom. The number of aliphatic carboxylic acids is 1. The van der Waals surface area contributed by atoms with Gasteiger partial charge in [0.2, 0.25) is 11.8 Å². The van der Waals surface area contributed by atoms with Gasteiger partial charge in [-0.05, 0) is 77.6 Å². The number of likely N-dealkylation sites (N-methyl/N-ethyl adjacent to an activating group) is 1. The van der Waals surface area contributed by atoms with Crippen LogP contribution < -0.4 is 5.32 Å². The number of hydrogen-bond donors (Lipinski definition) is 2. The monoisotopic (exact) mass is 643 g/mol. The molecule has 1 aromatic heterocycles. The summed E-state index contributed by atoms with van der Waals surface area (Å²) in [6, 6.07) is 3.35. The molecule has 3 atom stereocenters. The van der Waals surface area contributed by atoms with Crippen LogP contribution in [0.1, 0.15) is 77.2 Å². The number of carbonyl (C=O) groups excluding carboxylic acids is 4. The maximum Gasteiger partial charge on any atom is 0.410 e. The SMILES string of the molecule is C[C@@H](C(=O)N[C@H](C(=O)N1CCN(C(=O)c2cc3cc(F)ccc3n2CC(=O)O)[C@@H](C)C1)C1CCCCC1)N(C)C(=O)OC(C)(C)C. The van der Waals surface area contributed by atoms with Gasteiger partial charge in [0.15, 0.2) is 0 Å². The van der Waals surface area contributed by atoms with E-state index in [1.165, 1.54) is 40.8 Å². The number of aromatic nitrogens is 1. The smallest absolute Gasteiger partial charge is 0.410 e. The molecular weight excluding hydrogens is 597 g/mol. The number of nitrogens with zero attached hydrogens (tertiary/aromatic N) is 4. The predicted molar refractivity (Wildman–Crippen MR) is 169 cm³/mol. The second kappa shape index (κ2) is 14.1. The molecule has 1 saturated carbocycles. The molecular formula is C33H46FN5O7. The lowest BCUT2D eigenvalue weighted by molar-refractivity contribution is -0.141. The van der Waals surface area contributed by atoms with E-state index in [1.807, 2.05) is 6.92 Å². The Morgan fingerprint density at radius 1 is 1.09 bits per heavy atom. The van der Waals surface area contributed by atoms with Gasteiger partial charge < -0.3 is 29.5 Å². The van der Waals surface area contributed by atoms with Crippen LogP contribution in [0.3, 0.4) is 0 Å². The average molecular weight is 644 g/mol. The number of rotatable bonds is 8. The van der Waals surface area contributed by atoms with Gasteiger partial charge in [-0.1, -0.05) is 19.3 Å². The lowest BCUT2D eigenvalue weighted by atomic mass is 9.83. The van der Waals surface area contributed by atoms with E-state index in [9.17, 15) is 33.5 Å². The normalized spacial score (nSPS) is 19.0. The molecule has 2 heterocycles. The first-order chi connectivity index (χ1) is 21.6. The number of carboxylic acid groups (broad SMARTS) is 1. The summed E-state index contributed by atoms with van der Waals surface area (Å²) in [7, 11) is 1.49. The summed E-state index contributed by atoms with van der Waals surface area (Å²) in [5, 5.41) is 12.9. The second-order valence-corrected chi connectivity index (χ2v) is 13.5. The molecule has 252 valence electrons. The third-order valence-corrected chi connectivity index (χ3v) is 8.90. The molecule has 12 nitrogen and oxygen atoms in total. The highest BCUT2D eigenvalue weighted by molar-refractivity contribution is 6.00. The van der Waals surface area contributed by atoms with Crippen LogP contribution in [-0.2, 0) is 25.7 Å². The molecule has 13 heteroatoms. The van der Waals surface area contributed by atoms with E-state index in [2.05, 4.69) is 5.32 Å². The van der Waals surface area contributed by atoms with Crippen LogP contribution in [0.2, 0.25) is 0 Å². The van der Waals surface area contributed by atoms with E-state index in [0.717, 1.165) is 32.1 Å². The van der Waals surface area contributed by atoms with E-state index < -0.39 is 60.0 Å². The summed E-state index contributed by atoms with van der Waals surface area (Å²) >= 11 is 0. The third-order valence-electron chi connectivity index (χ3n) is 8.90. The van der Waals surface area contributed by atoms with Crippen molar-refractivity contribution in [2.24, 2.45) is 5.92 Å². The fourth-order valence-corrected chi connectivity index (χ4v) is 6.32. The average Bonchev–Trinajstić information content (AvgIpc) is 3.34. The molecule has 46 heavy (non-hydrogen) atoms. The Balaban J connectivity index is 1.49. The van der Waals surface area contributed by atoms with Crippen LogP contribution in [0.25, 0.3) is 10.9 Å². The van der Waals surface area contributed by atoms with Crippen molar-refractivity contribution >= 4 is 40.7 Å². The zero-order valence-electron chi connectivity index (χ0n) is 27.5. The number of nitrogens with one attached hydrogen (secondary N) is 1. The van der Waals surface area contributed by atoms with Crippen molar-refractivity contribution in [3.8, 4) is 0 Å². The molecule has 2 fully saturated rings. The molecule has 2 aromatic rings. The molecule has 4 amide bonds. The van der Waals surface area contributed by atoms with E-state index in [-0.39, 0.29) is 37.2 Å². The van der Waals surface area contributed by atoms with Gasteiger partial charge in [-0.2, -0.15) is 0 Å². The second-order valence-electron chi connectivity index (χ2n) is 13.5. The van der Waals surface area contributed by atoms with Crippen LogP contribution in [0, 0.1) is 11.7 Å². The van der Waals surface area contributed by atoms with Crippen molar-refractivity contribution in [1.82, 2.24) is 24.6 Å². The first-order valence-electron chi connectivity index (χ1n) is 15.9. The molecule has 0 unspecified atom stereocenters. The lowest BCUT2D eigenvalue weighted by Gasteiger charge is -2.42. The van der Waals surface area contributed by atoms with Crippen LogP contribution in [-0.4, -0.2) is 105 Å². The maximum absolute atomic E-state index is 14.1. The standard InChI is InChI=1S/C33H46FN5O7/c1-20-18-37(14-15-38(20)30(43)26-17-23-16-24(34)12-13-25(23)39(26)19-27(40)41)31(44)28(22-10-8-7-9-11-22)35-29(42)21(2)36(6)32(45)46-33(3,4)5/h12-13,16-17,20-22,28H,7-11,14-15,18-19H2,1-6H3,(H,35,42)(H,40,41)/t20-,21-,28-/m0/s1. The van der Waals surface area contributed by atoms with Gasteiger partial charge in [-0.15, -0.1) is 0 Å². The number of benzene rings is 1. The Kier molecular flexibility index (Phi) is 10.6. The number of carbonyl (C=O) groups is 5. The third kappa shape index (κ3) is 7.97. The molecule has 0 radical (unpaired) electrons. The number of piperazine rings is 1. The van der Waals surface area contributed by atoms with Crippen molar-refractivity contribution in [3.05, 3.63) is 35.8 Å². The minimum Gasteiger partial charge on any atom is -0.480 e. The molecule has 1 saturated heterocycles. The number of ether oxygens (including phenoxy) is 1. The zero-order valence-corrected chi connectivity index (χ0v) is 27.5. The van der Waals surface area contributed by atoms with E-state index >= 15 is 0 Å². The highest BCUT2D eigenvalue weighted by Crippen LogP contribution is 2.29. The highest BCUT2D eigenvalue weighted by Gasteiger charge is 2.39.